The van der Waals surface area contributed by atoms with Crippen molar-refractivity contribution >= 4 is 10.0 Å². The van der Waals surface area contributed by atoms with E-state index in [1.807, 2.05) is 0 Å². The van der Waals surface area contributed by atoms with E-state index in [-0.39, 0.29) is 23.5 Å². The molecule has 144 valence electrons. The summed E-state index contributed by atoms with van der Waals surface area (Å²) >= 11 is 0. The van der Waals surface area contributed by atoms with E-state index in [0.717, 1.165) is 50.9 Å². The van der Waals surface area contributed by atoms with Crippen LogP contribution in [-0.2, 0) is 19.5 Å². The highest BCUT2D eigenvalue weighted by Gasteiger charge is 2.58. The smallest absolute Gasteiger partial charge is 0.244 e. The third-order valence-electron chi connectivity index (χ3n) is 6.21. The van der Waals surface area contributed by atoms with Gasteiger partial charge in [0, 0.05) is 37.6 Å². The molecule has 0 radical (unpaired) electrons. The standard InChI is InChI=1S/C18H20FN3O4S/c19-14-1-2-16(13(3-14)5-20)27(23,24)22-9-18(10-22)4-15(6-26-18)21-7-17(8-21)11-25-12-17/h1-3,15H,4,6-12H2. The Kier molecular flexibility index (Phi) is 3.71. The highest BCUT2D eigenvalue weighted by Crippen LogP contribution is 2.45. The number of sulfonamides is 1. The van der Waals surface area contributed by atoms with Crippen molar-refractivity contribution in [2.24, 2.45) is 5.41 Å². The van der Waals surface area contributed by atoms with Crippen LogP contribution in [0.5, 0.6) is 0 Å². The van der Waals surface area contributed by atoms with E-state index in [4.69, 9.17) is 14.7 Å². The minimum absolute atomic E-state index is 0.148. The fourth-order valence-electron chi connectivity index (χ4n) is 4.64. The van der Waals surface area contributed by atoms with E-state index in [0.29, 0.717) is 18.1 Å². The zero-order chi connectivity index (χ0) is 18.9. The lowest BCUT2D eigenvalue weighted by molar-refractivity contribution is -0.197. The fraction of sp³-hybridized carbons (Fsp3) is 0.611. The Hall–Kier alpha value is -1.57. The molecule has 0 aromatic heterocycles. The van der Waals surface area contributed by atoms with Gasteiger partial charge in [0.15, 0.2) is 0 Å². The average molecular weight is 393 g/mol. The van der Waals surface area contributed by atoms with Gasteiger partial charge in [0.2, 0.25) is 10.0 Å². The molecular weight excluding hydrogens is 373 g/mol. The number of nitriles is 1. The molecule has 1 aromatic carbocycles. The molecule has 0 amide bonds. The van der Waals surface area contributed by atoms with E-state index in [1.165, 1.54) is 4.31 Å². The van der Waals surface area contributed by atoms with E-state index in [9.17, 15) is 12.8 Å². The lowest BCUT2D eigenvalue weighted by Crippen LogP contribution is -2.68. The number of hydrogen-bond acceptors (Lipinski definition) is 6. The molecule has 0 aliphatic carbocycles. The van der Waals surface area contributed by atoms with Crippen LogP contribution in [0.3, 0.4) is 0 Å². The second-order valence-corrected chi connectivity index (χ2v) is 10.2. The zero-order valence-corrected chi connectivity index (χ0v) is 15.5. The highest BCUT2D eigenvalue weighted by atomic mass is 32.2. The molecule has 1 atom stereocenters. The van der Waals surface area contributed by atoms with Gasteiger partial charge in [-0.1, -0.05) is 0 Å². The number of benzene rings is 1. The Morgan fingerprint density at radius 2 is 1.96 bits per heavy atom. The summed E-state index contributed by atoms with van der Waals surface area (Å²) < 4.78 is 51.6. The van der Waals surface area contributed by atoms with Gasteiger partial charge >= 0.3 is 0 Å². The molecule has 5 rings (SSSR count). The summed E-state index contributed by atoms with van der Waals surface area (Å²) in [7, 11) is -3.83. The molecule has 9 heteroatoms. The molecule has 4 aliphatic rings. The molecule has 2 spiro atoms. The normalized spacial score (nSPS) is 29.1. The molecule has 0 saturated carbocycles. The lowest BCUT2D eigenvalue weighted by Gasteiger charge is -2.57. The summed E-state index contributed by atoms with van der Waals surface area (Å²) in [4.78, 5) is 2.26. The molecule has 0 N–H and O–H groups in total. The maximum Gasteiger partial charge on any atom is 0.244 e. The van der Waals surface area contributed by atoms with Crippen LogP contribution in [-0.4, -0.2) is 75.3 Å². The molecule has 0 bridgehead atoms. The van der Waals surface area contributed by atoms with Gasteiger partial charge in [-0.15, -0.1) is 0 Å². The van der Waals surface area contributed by atoms with Crippen molar-refractivity contribution in [1.29, 1.82) is 5.26 Å². The number of hydrogen-bond donors (Lipinski definition) is 0. The van der Waals surface area contributed by atoms with Crippen molar-refractivity contribution < 1.29 is 22.3 Å². The second kappa shape index (κ2) is 5.72. The molecule has 1 unspecified atom stereocenters. The van der Waals surface area contributed by atoms with Gasteiger partial charge in [-0.2, -0.15) is 9.57 Å². The van der Waals surface area contributed by atoms with Crippen LogP contribution >= 0.6 is 0 Å². The first-order valence-electron chi connectivity index (χ1n) is 9.01. The molecule has 7 nitrogen and oxygen atoms in total. The Morgan fingerprint density at radius 3 is 2.59 bits per heavy atom. The van der Waals surface area contributed by atoms with Crippen LogP contribution in [0, 0.1) is 22.6 Å². The largest absolute Gasteiger partial charge is 0.380 e. The molecule has 4 fully saturated rings. The molecular formula is C18H20FN3O4S. The number of nitrogens with zero attached hydrogens (tertiary/aromatic N) is 3. The Balaban J connectivity index is 1.25. The number of likely N-dealkylation sites (tertiary alicyclic amines) is 1. The van der Waals surface area contributed by atoms with Crippen LogP contribution in [0.15, 0.2) is 23.1 Å². The van der Waals surface area contributed by atoms with Crippen LogP contribution < -0.4 is 0 Å². The first kappa shape index (κ1) is 17.5. The van der Waals surface area contributed by atoms with Crippen LogP contribution in [0.25, 0.3) is 0 Å². The lowest BCUT2D eigenvalue weighted by atomic mass is 9.76. The number of halogens is 1. The maximum absolute atomic E-state index is 13.3. The van der Waals surface area contributed by atoms with Crippen LogP contribution in [0.4, 0.5) is 4.39 Å². The monoisotopic (exact) mass is 393 g/mol. The Morgan fingerprint density at radius 1 is 1.22 bits per heavy atom. The van der Waals surface area contributed by atoms with Gasteiger partial charge in [0.05, 0.1) is 31.0 Å². The van der Waals surface area contributed by atoms with Crippen molar-refractivity contribution in [2.75, 3.05) is 46.0 Å². The summed E-state index contributed by atoms with van der Waals surface area (Å²) in [5.74, 6) is -0.628. The van der Waals surface area contributed by atoms with Gasteiger partial charge in [0.25, 0.3) is 0 Å². The van der Waals surface area contributed by atoms with Crippen LogP contribution in [0.1, 0.15) is 12.0 Å². The SMILES string of the molecule is N#Cc1cc(F)ccc1S(=O)(=O)N1CC2(CC(N3CC4(COC4)C3)CO2)C1. The fourth-order valence-corrected chi connectivity index (χ4v) is 6.35. The van der Waals surface area contributed by atoms with E-state index in [2.05, 4.69) is 4.90 Å². The maximum atomic E-state index is 13.3. The Labute approximate surface area is 157 Å². The summed E-state index contributed by atoms with van der Waals surface area (Å²) in [6.07, 6.45) is 0.810. The van der Waals surface area contributed by atoms with E-state index >= 15 is 0 Å². The topological polar surface area (TPSA) is 82.9 Å². The van der Waals surface area contributed by atoms with Crippen LogP contribution in [0.2, 0.25) is 0 Å². The highest BCUT2D eigenvalue weighted by molar-refractivity contribution is 7.89. The minimum atomic E-state index is -3.83. The van der Waals surface area contributed by atoms with Crippen molar-refractivity contribution in [1.82, 2.24) is 9.21 Å². The third kappa shape index (κ3) is 2.62. The molecule has 4 saturated heterocycles. The quantitative estimate of drug-likeness (QED) is 0.746. The van der Waals surface area contributed by atoms with Gasteiger partial charge in [0.1, 0.15) is 16.8 Å². The average Bonchev–Trinajstić information content (AvgIpc) is 2.96. The second-order valence-electron chi connectivity index (χ2n) is 8.28. The van der Waals surface area contributed by atoms with E-state index < -0.39 is 21.4 Å². The molecule has 1 aromatic rings. The third-order valence-corrected chi connectivity index (χ3v) is 8.06. The predicted octanol–water partition coefficient (Wildman–Crippen LogP) is 0.562. The van der Waals surface area contributed by atoms with Crippen molar-refractivity contribution in [3.8, 4) is 6.07 Å². The molecule has 4 heterocycles. The van der Waals surface area contributed by atoms with Gasteiger partial charge < -0.3 is 9.47 Å². The summed E-state index contributed by atoms with van der Waals surface area (Å²) in [6, 6.07) is 5.27. The summed E-state index contributed by atoms with van der Waals surface area (Å²) in [5, 5.41) is 9.14. The first-order valence-corrected chi connectivity index (χ1v) is 10.4. The van der Waals surface area contributed by atoms with Gasteiger partial charge in [-0.05, 0) is 24.6 Å². The van der Waals surface area contributed by atoms with Crippen molar-refractivity contribution in [3.05, 3.63) is 29.6 Å². The van der Waals surface area contributed by atoms with E-state index in [1.54, 1.807) is 6.07 Å². The van der Waals surface area contributed by atoms with Gasteiger partial charge in [-0.3, -0.25) is 4.90 Å². The van der Waals surface area contributed by atoms with Crippen molar-refractivity contribution in [3.63, 3.8) is 0 Å². The molecule has 4 aliphatic heterocycles. The summed E-state index contributed by atoms with van der Waals surface area (Å²) in [5.41, 5.74) is -0.264. The Bertz CT molecular complexity index is 926. The number of ether oxygens (including phenoxy) is 2. The molecule has 27 heavy (non-hydrogen) atoms. The van der Waals surface area contributed by atoms with Gasteiger partial charge in [-0.25, -0.2) is 12.8 Å². The number of rotatable bonds is 3. The predicted molar refractivity (Wildman–Crippen MR) is 91.8 cm³/mol. The summed E-state index contributed by atoms with van der Waals surface area (Å²) in [6.45, 7) is 4.90. The van der Waals surface area contributed by atoms with Crippen molar-refractivity contribution in [2.45, 2.75) is 23.0 Å². The zero-order valence-electron chi connectivity index (χ0n) is 14.7. The minimum Gasteiger partial charge on any atom is -0.380 e. The first-order chi connectivity index (χ1) is 12.8.